The Labute approximate surface area is 82.6 Å². The molecule has 0 amide bonds. The maximum absolute atomic E-state index is 10.2. The fraction of sp³-hybridized carbons (Fsp3) is 0.429. The Morgan fingerprint density at radius 2 is 2.42 bits per heavy atom. The molecule has 3 nitrogen and oxygen atoms in total. The smallest absolute Gasteiger partial charge is 0.303 e. The molecule has 0 atom stereocenters. The molecule has 0 bridgehead atoms. The highest BCUT2D eigenvalue weighted by molar-refractivity contribution is 9.11. The molecule has 0 aliphatic rings. The van der Waals surface area contributed by atoms with Gasteiger partial charge in [0.15, 0.2) is 0 Å². The number of nitrogens with zero attached hydrogens (tertiary/aromatic N) is 1. The molecule has 0 aliphatic carbocycles. The Morgan fingerprint density at radius 3 is 2.83 bits per heavy atom. The molecule has 1 N–H and O–H groups in total. The number of halogens is 1. The van der Waals surface area contributed by atoms with Crippen molar-refractivity contribution in [1.82, 2.24) is 4.98 Å². The first kappa shape index (κ1) is 9.67. The van der Waals surface area contributed by atoms with Crippen LogP contribution in [0.5, 0.6) is 0 Å². The average Bonchev–Trinajstić information content (AvgIpc) is 2.28. The number of hydrogen-bond donors (Lipinski definition) is 1. The first-order chi connectivity index (χ1) is 5.59. The molecular weight excluding hydrogens is 242 g/mol. The van der Waals surface area contributed by atoms with Crippen LogP contribution in [0.3, 0.4) is 0 Å². The van der Waals surface area contributed by atoms with Crippen molar-refractivity contribution in [3.05, 3.63) is 14.5 Å². The number of thiazole rings is 1. The zero-order valence-electron chi connectivity index (χ0n) is 6.50. The summed E-state index contributed by atoms with van der Waals surface area (Å²) in [5.74, 6) is -0.779. The Kier molecular flexibility index (Phi) is 3.22. The van der Waals surface area contributed by atoms with E-state index in [1.165, 1.54) is 11.3 Å². The van der Waals surface area contributed by atoms with E-state index in [1.54, 1.807) is 0 Å². The SMILES string of the molecule is Cc1nc(CCC(=O)O)sc1Br. The van der Waals surface area contributed by atoms with Gasteiger partial charge in [-0.3, -0.25) is 4.79 Å². The highest BCUT2D eigenvalue weighted by Crippen LogP contribution is 2.24. The maximum atomic E-state index is 10.2. The van der Waals surface area contributed by atoms with E-state index >= 15 is 0 Å². The van der Waals surface area contributed by atoms with Crippen LogP contribution in [-0.4, -0.2) is 16.1 Å². The van der Waals surface area contributed by atoms with Gasteiger partial charge < -0.3 is 5.11 Å². The summed E-state index contributed by atoms with van der Waals surface area (Å²) in [5, 5.41) is 9.29. The molecule has 1 aromatic heterocycles. The van der Waals surface area contributed by atoms with E-state index in [9.17, 15) is 4.79 Å². The van der Waals surface area contributed by atoms with Gasteiger partial charge in [-0.15, -0.1) is 11.3 Å². The van der Waals surface area contributed by atoms with E-state index in [0.29, 0.717) is 6.42 Å². The van der Waals surface area contributed by atoms with Gasteiger partial charge in [-0.1, -0.05) is 0 Å². The van der Waals surface area contributed by atoms with Crippen molar-refractivity contribution in [2.45, 2.75) is 19.8 Å². The van der Waals surface area contributed by atoms with Crippen LogP contribution >= 0.6 is 27.3 Å². The lowest BCUT2D eigenvalue weighted by atomic mass is 10.3. The summed E-state index contributed by atoms with van der Waals surface area (Å²) < 4.78 is 0.989. The van der Waals surface area contributed by atoms with Crippen LogP contribution < -0.4 is 0 Å². The molecule has 0 aliphatic heterocycles. The van der Waals surface area contributed by atoms with E-state index in [4.69, 9.17) is 5.11 Å². The van der Waals surface area contributed by atoms with Gasteiger partial charge in [0, 0.05) is 6.42 Å². The Bertz CT molecular complexity index is 278. The lowest BCUT2D eigenvalue weighted by Gasteiger charge is -1.88. The Hall–Kier alpha value is -0.420. The van der Waals surface area contributed by atoms with Crippen molar-refractivity contribution >= 4 is 33.2 Å². The van der Waals surface area contributed by atoms with Crippen LogP contribution in [0, 0.1) is 6.92 Å². The third-order valence-corrected chi connectivity index (χ3v) is 3.40. The number of carboxylic acids is 1. The second kappa shape index (κ2) is 4.00. The van der Waals surface area contributed by atoms with Gasteiger partial charge >= 0.3 is 5.97 Å². The predicted octanol–water partition coefficient (Wildman–Crippen LogP) is 2.23. The maximum Gasteiger partial charge on any atom is 0.303 e. The molecule has 5 heteroatoms. The summed E-state index contributed by atoms with van der Waals surface area (Å²) in [7, 11) is 0. The molecule has 0 saturated carbocycles. The molecule has 0 aromatic carbocycles. The number of aryl methyl sites for hydroxylation is 2. The third kappa shape index (κ3) is 2.57. The summed E-state index contributed by atoms with van der Waals surface area (Å²) in [6.45, 7) is 1.89. The normalized spacial score (nSPS) is 10.2. The third-order valence-electron chi connectivity index (χ3n) is 1.34. The molecule has 1 aromatic rings. The van der Waals surface area contributed by atoms with Gasteiger partial charge in [-0.25, -0.2) is 4.98 Å². The summed E-state index contributed by atoms with van der Waals surface area (Å²) in [6.07, 6.45) is 0.672. The fourth-order valence-electron chi connectivity index (χ4n) is 0.752. The summed E-state index contributed by atoms with van der Waals surface area (Å²) in [6, 6.07) is 0. The zero-order chi connectivity index (χ0) is 9.14. The van der Waals surface area contributed by atoms with Gasteiger partial charge in [0.25, 0.3) is 0 Å². The average molecular weight is 250 g/mol. The fourth-order valence-corrected chi connectivity index (χ4v) is 2.19. The van der Waals surface area contributed by atoms with E-state index in [2.05, 4.69) is 20.9 Å². The second-order valence-corrected chi connectivity index (χ2v) is 4.76. The van der Waals surface area contributed by atoms with Crippen molar-refractivity contribution in [2.24, 2.45) is 0 Å². The summed E-state index contributed by atoms with van der Waals surface area (Å²) >= 11 is 4.83. The molecule has 66 valence electrons. The number of rotatable bonds is 3. The van der Waals surface area contributed by atoms with Gasteiger partial charge in [-0.05, 0) is 22.9 Å². The van der Waals surface area contributed by atoms with Crippen LogP contribution in [0.15, 0.2) is 3.79 Å². The van der Waals surface area contributed by atoms with Crippen molar-refractivity contribution < 1.29 is 9.90 Å². The molecule has 1 rings (SSSR count). The minimum Gasteiger partial charge on any atom is -0.481 e. The molecule has 0 fully saturated rings. The first-order valence-corrected chi connectivity index (χ1v) is 5.04. The first-order valence-electron chi connectivity index (χ1n) is 3.43. The standard InChI is InChI=1S/C7H8BrNO2S/c1-4-7(8)12-5(9-4)2-3-6(10)11/h2-3H2,1H3,(H,10,11). The number of carbonyl (C=O) groups is 1. The van der Waals surface area contributed by atoms with Crippen LogP contribution in [0.25, 0.3) is 0 Å². The van der Waals surface area contributed by atoms with E-state index in [-0.39, 0.29) is 6.42 Å². The molecule has 1 heterocycles. The van der Waals surface area contributed by atoms with Crippen LogP contribution in [0.2, 0.25) is 0 Å². The summed E-state index contributed by atoms with van der Waals surface area (Å²) in [4.78, 5) is 14.4. The molecule has 0 radical (unpaired) electrons. The van der Waals surface area contributed by atoms with Crippen LogP contribution in [0.4, 0.5) is 0 Å². The van der Waals surface area contributed by atoms with Crippen molar-refractivity contribution in [3.8, 4) is 0 Å². The van der Waals surface area contributed by atoms with Crippen LogP contribution in [0.1, 0.15) is 17.1 Å². The summed E-state index contributed by atoms with van der Waals surface area (Å²) in [5.41, 5.74) is 0.931. The van der Waals surface area contributed by atoms with Gasteiger partial charge in [0.05, 0.1) is 20.9 Å². The topological polar surface area (TPSA) is 50.2 Å². The largest absolute Gasteiger partial charge is 0.481 e. The quantitative estimate of drug-likeness (QED) is 0.894. The van der Waals surface area contributed by atoms with E-state index in [0.717, 1.165) is 14.5 Å². The van der Waals surface area contributed by atoms with E-state index < -0.39 is 5.97 Å². The predicted molar refractivity (Wildman–Crippen MR) is 50.5 cm³/mol. The molecule has 12 heavy (non-hydrogen) atoms. The van der Waals surface area contributed by atoms with Crippen LogP contribution in [-0.2, 0) is 11.2 Å². The lowest BCUT2D eigenvalue weighted by Crippen LogP contribution is -1.96. The van der Waals surface area contributed by atoms with Gasteiger partial charge in [0.2, 0.25) is 0 Å². The van der Waals surface area contributed by atoms with Crippen molar-refractivity contribution in [2.75, 3.05) is 0 Å². The lowest BCUT2D eigenvalue weighted by molar-refractivity contribution is -0.136. The van der Waals surface area contributed by atoms with Crippen molar-refractivity contribution in [3.63, 3.8) is 0 Å². The van der Waals surface area contributed by atoms with Gasteiger partial charge in [0.1, 0.15) is 0 Å². The highest BCUT2D eigenvalue weighted by Gasteiger charge is 2.06. The zero-order valence-corrected chi connectivity index (χ0v) is 8.91. The molecule has 0 saturated heterocycles. The van der Waals surface area contributed by atoms with E-state index in [1.807, 2.05) is 6.92 Å². The number of carboxylic acid groups (broad SMARTS) is 1. The molecular formula is C7H8BrNO2S. The minimum atomic E-state index is -0.779. The molecule has 0 unspecified atom stereocenters. The van der Waals surface area contributed by atoms with Gasteiger partial charge in [-0.2, -0.15) is 0 Å². The second-order valence-electron chi connectivity index (χ2n) is 2.36. The molecule has 0 spiro atoms. The number of hydrogen-bond acceptors (Lipinski definition) is 3. The van der Waals surface area contributed by atoms with Crippen molar-refractivity contribution in [1.29, 1.82) is 0 Å². The Balaban J connectivity index is 2.58. The minimum absolute atomic E-state index is 0.152. The Morgan fingerprint density at radius 1 is 1.75 bits per heavy atom. The highest BCUT2D eigenvalue weighted by atomic mass is 79.9. The number of aliphatic carboxylic acids is 1. The monoisotopic (exact) mass is 249 g/mol. The number of aromatic nitrogens is 1.